The molecule has 1 aliphatic rings. The Balaban J connectivity index is 1.60. The monoisotopic (exact) mass is 529 g/mol. The van der Waals surface area contributed by atoms with Crippen molar-refractivity contribution in [3.05, 3.63) is 58.6 Å². The molecular formula is C23H24BrN5O3S. The van der Waals surface area contributed by atoms with E-state index in [0.717, 1.165) is 10.0 Å². The van der Waals surface area contributed by atoms with E-state index in [-0.39, 0.29) is 30.1 Å². The lowest BCUT2D eigenvalue weighted by Gasteiger charge is -2.09. The maximum Gasteiger partial charge on any atom is 0.240 e. The third-order valence-corrected chi connectivity index (χ3v) is 6.24. The van der Waals surface area contributed by atoms with Crippen molar-refractivity contribution in [3.8, 4) is 0 Å². The summed E-state index contributed by atoms with van der Waals surface area (Å²) < 4.78 is 0.912. The Hall–Kier alpha value is -2.98. The number of rotatable bonds is 7. The highest BCUT2D eigenvalue weighted by molar-refractivity contribution is 9.10. The zero-order chi connectivity index (χ0) is 24.0. The minimum absolute atomic E-state index is 0.0197. The second-order valence-electron chi connectivity index (χ2n) is 7.67. The predicted molar refractivity (Wildman–Crippen MR) is 136 cm³/mol. The van der Waals surface area contributed by atoms with Crippen LogP contribution >= 0.6 is 27.7 Å². The molecule has 3 rings (SSSR count). The van der Waals surface area contributed by atoms with Crippen LogP contribution in [-0.4, -0.2) is 33.9 Å². The summed E-state index contributed by atoms with van der Waals surface area (Å²) in [5.74, 6) is -0.730. The van der Waals surface area contributed by atoms with Crippen LogP contribution in [0.2, 0.25) is 0 Å². The molecule has 1 fully saturated rings. The lowest BCUT2D eigenvalue weighted by Crippen LogP contribution is -2.28. The van der Waals surface area contributed by atoms with Crippen LogP contribution in [0.25, 0.3) is 0 Å². The number of nitrogens with zero attached hydrogens (tertiary/aromatic N) is 2. The van der Waals surface area contributed by atoms with Gasteiger partial charge in [0, 0.05) is 28.2 Å². The largest absolute Gasteiger partial charge is 0.326 e. The van der Waals surface area contributed by atoms with Gasteiger partial charge in [0.1, 0.15) is 5.25 Å². The molecule has 3 amide bonds. The molecule has 0 aliphatic carbocycles. The molecule has 1 aliphatic heterocycles. The van der Waals surface area contributed by atoms with Crippen molar-refractivity contribution >= 4 is 67.7 Å². The van der Waals surface area contributed by atoms with Gasteiger partial charge in [-0.25, -0.2) is 0 Å². The number of hydrogen-bond acceptors (Lipinski definition) is 6. The molecule has 172 valence electrons. The Morgan fingerprint density at radius 2 is 1.85 bits per heavy atom. The molecule has 0 spiro atoms. The lowest BCUT2D eigenvalue weighted by molar-refractivity contribution is -0.122. The molecular weight excluding hydrogens is 506 g/mol. The lowest BCUT2D eigenvalue weighted by atomic mass is 10.1. The predicted octanol–water partition coefficient (Wildman–Crippen LogP) is 4.38. The number of carbonyl (C=O) groups excluding carboxylic acids is 3. The van der Waals surface area contributed by atoms with Gasteiger partial charge in [0.05, 0.1) is 5.71 Å². The van der Waals surface area contributed by atoms with Crippen LogP contribution in [0.5, 0.6) is 0 Å². The van der Waals surface area contributed by atoms with Crippen LogP contribution in [-0.2, 0) is 14.4 Å². The van der Waals surface area contributed by atoms with Crippen molar-refractivity contribution in [1.29, 1.82) is 0 Å². The number of amides is 3. The number of amidine groups is 1. The summed E-state index contributed by atoms with van der Waals surface area (Å²) in [6, 6.07) is 14.5. The number of anilines is 2. The molecule has 8 nitrogen and oxygen atoms in total. The molecule has 0 saturated carbocycles. The summed E-state index contributed by atoms with van der Waals surface area (Å²) in [7, 11) is 0. The normalized spacial score (nSPS) is 17.2. The standard InChI is InChI=1S/C23H24BrN5O3S/c1-13(2)21(31)26-18-6-4-5-15(11-18)14(3)28-29-23-27-22(32)19(33-23)12-20(30)25-17-9-7-16(24)8-10-17/h4-11,13,19H,12H2,1-3H3,(H,25,30)(H,26,31)(H,27,29,32)/t19-/m0/s1. The second-order valence-corrected chi connectivity index (χ2v) is 9.78. The van der Waals surface area contributed by atoms with Crippen LogP contribution in [0, 0.1) is 5.92 Å². The van der Waals surface area contributed by atoms with Crippen molar-refractivity contribution in [3.63, 3.8) is 0 Å². The van der Waals surface area contributed by atoms with Crippen LogP contribution < -0.4 is 16.0 Å². The molecule has 10 heteroatoms. The Labute approximate surface area is 204 Å². The van der Waals surface area contributed by atoms with Gasteiger partial charge < -0.3 is 16.0 Å². The Kier molecular flexibility index (Phi) is 8.40. The average Bonchev–Trinajstić information content (AvgIpc) is 3.12. The van der Waals surface area contributed by atoms with Crippen LogP contribution in [0.3, 0.4) is 0 Å². The average molecular weight is 530 g/mol. The number of thioether (sulfide) groups is 1. The van der Waals surface area contributed by atoms with Gasteiger partial charge in [0.15, 0.2) is 5.17 Å². The van der Waals surface area contributed by atoms with E-state index in [9.17, 15) is 14.4 Å². The van der Waals surface area contributed by atoms with E-state index in [2.05, 4.69) is 42.1 Å². The van der Waals surface area contributed by atoms with E-state index >= 15 is 0 Å². The highest BCUT2D eigenvalue weighted by Gasteiger charge is 2.32. The summed E-state index contributed by atoms with van der Waals surface area (Å²) in [5, 5.41) is 16.4. The van der Waals surface area contributed by atoms with Crippen LogP contribution in [0.15, 0.2) is 63.2 Å². The fourth-order valence-corrected chi connectivity index (χ4v) is 3.97. The molecule has 0 bridgehead atoms. The second kappa shape index (κ2) is 11.2. The van der Waals surface area contributed by atoms with Crippen molar-refractivity contribution in [2.24, 2.45) is 16.1 Å². The van der Waals surface area contributed by atoms with E-state index in [1.165, 1.54) is 11.8 Å². The van der Waals surface area contributed by atoms with E-state index in [0.29, 0.717) is 22.3 Å². The molecule has 33 heavy (non-hydrogen) atoms. The molecule has 0 unspecified atom stereocenters. The molecule has 1 atom stereocenters. The molecule has 3 N–H and O–H groups in total. The van der Waals surface area contributed by atoms with Gasteiger partial charge in [0.25, 0.3) is 0 Å². The first-order valence-corrected chi connectivity index (χ1v) is 11.9. The molecule has 0 radical (unpaired) electrons. The first-order chi connectivity index (χ1) is 15.7. The molecule has 1 heterocycles. The van der Waals surface area contributed by atoms with Gasteiger partial charge >= 0.3 is 0 Å². The summed E-state index contributed by atoms with van der Waals surface area (Å²) in [6.45, 7) is 5.44. The van der Waals surface area contributed by atoms with E-state index < -0.39 is 5.25 Å². The minimum Gasteiger partial charge on any atom is -0.326 e. The third-order valence-electron chi connectivity index (χ3n) is 4.64. The number of nitrogens with one attached hydrogen (secondary N) is 3. The molecule has 2 aromatic rings. The zero-order valence-electron chi connectivity index (χ0n) is 18.4. The summed E-state index contributed by atoms with van der Waals surface area (Å²) >= 11 is 4.51. The van der Waals surface area contributed by atoms with Gasteiger partial charge in [-0.1, -0.05) is 53.7 Å². The van der Waals surface area contributed by atoms with Gasteiger partial charge in [-0.05, 0) is 48.9 Å². The summed E-state index contributed by atoms with van der Waals surface area (Å²) in [4.78, 5) is 36.5. The number of benzene rings is 2. The van der Waals surface area contributed by atoms with Crippen molar-refractivity contribution in [2.75, 3.05) is 10.6 Å². The summed E-state index contributed by atoms with van der Waals surface area (Å²) in [6.07, 6.45) is 0.0197. The van der Waals surface area contributed by atoms with E-state index in [1.807, 2.05) is 44.2 Å². The smallest absolute Gasteiger partial charge is 0.240 e. The third kappa shape index (κ3) is 7.26. The number of carbonyl (C=O) groups is 3. The number of hydrogen-bond donors (Lipinski definition) is 3. The minimum atomic E-state index is -0.579. The van der Waals surface area contributed by atoms with Gasteiger partial charge in [-0.2, -0.15) is 5.10 Å². The molecule has 1 saturated heterocycles. The fraction of sp³-hybridized carbons (Fsp3) is 0.261. The Morgan fingerprint density at radius 1 is 1.12 bits per heavy atom. The first-order valence-electron chi connectivity index (χ1n) is 10.3. The van der Waals surface area contributed by atoms with Crippen molar-refractivity contribution in [1.82, 2.24) is 5.32 Å². The maximum absolute atomic E-state index is 12.3. The first kappa shape index (κ1) is 24.7. The van der Waals surface area contributed by atoms with Crippen molar-refractivity contribution < 1.29 is 14.4 Å². The zero-order valence-corrected chi connectivity index (χ0v) is 20.8. The highest BCUT2D eigenvalue weighted by Crippen LogP contribution is 2.24. The Bertz CT molecular complexity index is 1120. The van der Waals surface area contributed by atoms with Gasteiger partial charge in [0.2, 0.25) is 17.7 Å². The fourth-order valence-electron chi connectivity index (χ4n) is 2.79. The highest BCUT2D eigenvalue weighted by atomic mass is 79.9. The quantitative estimate of drug-likeness (QED) is 0.364. The van der Waals surface area contributed by atoms with Crippen LogP contribution in [0.1, 0.15) is 32.8 Å². The van der Waals surface area contributed by atoms with Crippen molar-refractivity contribution in [2.45, 2.75) is 32.4 Å². The molecule has 0 aromatic heterocycles. The topological polar surface area (TPSA) is 112 Å². The number of halogens is 1. The van der Waals surface area contributed by atoms with E-state index in [4.69, 9.17) is 0 Å². The maximum atomic E-state index is 12.3. The molecule has 2 aromatic carbocycles. The van der Waals surface area contributed by atoms with Crippen LogP contribution in [0.4, 0.5) is 11.4 Å². The van der Waals surface area contributed by atoms with Gasteiger partial charge in [-0.15, -0.1) is 5.10 Å². The Morgan fingerprint density at radius 3 is 2.55 bits per heavy atom. The SMILES string of the molecule is CC(=NN=C1NC(=O)[C@H](CC(=O)Nc2ccc(Br)cc2)S1)c1cccc(NC(=O)C(C)C)c1. The summed E-state index contributed by atoms with van der Waals surface area (Å²) in [5.41, 5.74) is 2.75. The van der Waals surface area contributed by atoms with E-state index in [1.54, 1.807) is 25.1 Å². The van der Waals surface area contributed by atoms with Gasteiger partial charge in [-0.3, -0.25) is 14.4 Å².